The Balaban J connectivity index is 1.80. The number of thiocarbonyl (C=S) groups is 1. The molecule has 0 N–H and O–H groups in total. The fourth-order valence-corrected chi connectivity index (χ4v) is 5.10. The van der Waals surface area contributed by atoms with Crippen molar-refractivity contribution in [1.29, 1.82) is 5.26 Å². The van der Waals surface area contributed by atoms with Crippen LogP contribution in [0.4, 0.5) is 24.5 Å². The molecule has 2 aromatic rings. The zero-order chi connectivity index (χ0) is 25.5. The molecular formula is C25H25F3N4O2S. The van der Waals surface area contributed by atoms with Gasteiger partial charge < -0.3 is 14.5 Å². The first-order chi connectivity index (χ1) is 16.5. The second-order valence-corrected chi connectivity index (χ2v) is 9.46. The van der Waals surface area contributed by atoms with Gasteiger partial charge in [0.05, 0.1) is 29.0 Å². The zero-order valence-corrected chi connectivity index (χ0v) is 20.4. The molecule has 1 spiro atoms. The van der Waals surface area contributed by atoms with Crippen LogP contribution in [0.15, 0.2) is 42.5 Å². The van der Waals surface area contributed by atoms with E-state index in [9.17, 15) is 18.0 Å². The second kappa shape index (κ2) is 9.13. The molecule has 184 valence electrons. The van der Waals surface area contributed by atoms with E-state index in [4.69, 9.17) is 22.2 Å². The van der Waals surface area contributed by atoms with Crippen molar-refractivity contribution in [3.63, 3.8) is 0 Å². The number of nitrogens with zero attached hydrogens (tertiary/aromatic N) is 4. The van der Waals surface area contributed by atoms with Gasteiger partial charge >= 0.3 is 6.18 Å². The van der Waals surface area contributed by atoms with E-state index in [1.54, 1.807) is 35.2 Å². The number of benzene rings is 2. The van der Waals surface area contributed by atoms with E-state index < -0.39 is 22.8 Å². The largest absolute Gasteiger partial charge is 0.491 e. The Morgan fingerprint density at radius 3 is 2.23 bits per heavy atom. The van der Waals surface area contributed by atoms with E-state index in [0.29, 0.717) is 37.4 Å². The maximum Gasteiger partial charge on any atom is 0.417 e. The molecule has 4 rings (SSSR count). The molecule has 0 aliphatic carbocycles. The highest BCUT2D eigenvalue weighted by atomic mass is 32.1. The number of anilines is 2. The number of alkyl halides is 3. The first-order valence-electron chi connectivity index (χ1n) is 11.2. The van der Waals surface area contributed by atoms with E-state index in [2.05, 4.69) is 4.90 Å². The number of carbonyl (C=O) groups excluding carboxylic acids is 1. The predicted molar refractivity (Wildman–Crippen MR) is 130 cm³/mol. The van der Waals surface area contributed by atoms with Gasteiger partial charge in [0, 0.05) is 18.8 Å². The summed E-state index contributed by atoms with van der Waals surface area (Å²) in [5.41, 5.74) is -1.97. The molecule has 35 heavy (non-hydrogen) atoms. The molecule has 0 aromatic heterocycles. The van der Waals surface area contributed by atoms with Gasteiger partial charge in [0.1, 0.15) is 11.3 Å². The van der Waals surface area contributed by atoms with Crippen molar-refractivity contribution >= 4 is 34.6 Å². The van der Waals surface area contributed by atoms with Crippen LogP contribution in [0.3, 0.4) is 0 Å². The van der Waals surface area contributed by atoms with Crippen LogP contribution in [-0.2, 0) is 11.0 Å². The van der Waals surface area contributed by atoms with Gasteiger partial charge in [-0.2, -0.15) is 18.4 Å². The van der Waals surface area contributed by atoms with Gasteiger partial charge in [0.15, 0.2) is 5.11 Å². The summed E-state index contributed by atoms with van der Waals surface area (Å²) < 4.78 is 46.6. The molecule has 1 amide bonds. The van der Waals surface area contributed by atoms with E-state index in [0.717, 1.165) is 12.1 Å². The third kappa shape index (κ3) is 4.46. The van der Waals surface area contributed by atoms with Gasteiger partial charge in [-0.1, -0.05) is 0 Å². The molecule has 2 aromatic carbocycles. The van der Waals surface area contributed by atoms with E-state index in [1.165, 1.54) is 11.0 Å². The van der Waals surface area contributed by atoms with Crippen LogP contribution in [0.1, 0.15) is 37.8 Å². The third-order valence-corrected chi connectivity index (χ3v) is 6.75. The Labute approximate surface area is 207 Å². The fraction of sp³-hybridized carbons (Fsp3) is 0.400. The number of hydrogen-bond acceptors (Lipinski definition) is 5. The molecule has 0 bridgehead atoms. The normalized spacial score (nSPS) is 18.5. The van der Waals surface area contributed by atoms with Gasteiger partial charge in [-0.05, 0) is 88.4 Å². The molecule has 0 radical (unpaired) electrons. The highest BCUT2D eigenvalue weighted by Crippen LogP contribution is 2.44. The summed E-state index contributed by atoms with van der Waals surface area (Å²) in [7, 11) is 1.96. The van der Waals surface area contributed by atoms with Gasteiger partial charge in [0.25, 0.3) is 5.91 Å². The number of likely N-dealkylation sites (tertiary alicyclic amines) is 1. The lowest BCUT2D eigenvalue weighted by atomic mass is 9.85. The Kier molecular flexibility index (Phi) is 6.51. The summed E-state index contributed by atoms with van der Waals surface area (Å²) in [6, 6.07) is 12.0. The summed E-state index contributed by atoms with van der Waals surface area (Å²) in [4.78, 5) is 19.0. The van der Waals surface area contributed by atoms with Gasteiger partial charge in [0.2, 0.25) is 0 Å². The van der Waals surface area contributed by atoms with Crippen molar-refractivity contribution in [2.45, 2.75) is 44.5 Å². The Morgan fingerprint density at radius 2 is 1.69 bits per heavy atom. The summed E-state index contributed by atoms with van der Waals surface area (Å²) in [5, 5.41) is 9.26. The van der Waals surface area contributed by atoms with Crippen LogP contribution in [0.25, 0.3) is 0 Å². The van der Waals surface area contributed by atoms with Crippen LogP contribution in [0.2, 0.25) is 0 Å². The minimum atomic E-state index is -4.75. The quantitative estimate of drug-likeness (QED) is 0.551. The van der Waals surface area contributed by atoms with Crippen molar-refractivity contribution < 1.29 is 22.7 Å². The van der Waals surface area contributed by atoms with Gasteiger partial charge in [-0.3, -0.25) is 9.69 Å². The minimum Gasteiger partial charge on any atom is -0.491 e. The van der Waals surface area contributed by atoms with E-state index >= 15 is 0 Å². The fourth-order valence-electron chi connectivity index (χ4n) is 4.63. The molecule has 2 fully saturated rings. The van der Waals surface area contributed by atoms with Crippen molar-refractivity contribution in [1.82, 2.24) is 4.90 Å². The first-order valence-corrected chi connectivity index (χ1v) is 11.6. The molecule has 2 aliphatic heterocycles. The summed E-state index contributed by atoms with van der Waals surface area (Å²) in [6.45, 7) is 5.10. The van der Waals surface area contributed by atoms with Crippen LogP contribution < -0.4 is 14.5 Å². The number of nitriles is 1. The number of ether oxygens (including phenoxy) is 1. The van der Waals surface area contributed by atoms with Crippen molar-refractivity contribution in [2.24, 2.45) is 0 Å². The van der Waals surface area contributed by atoms with Gasteiger partial charge in [-0.25, -0.2) is 0 Å². The molecule has 0 saturated carbocycles. The van der Waals surface area contributed by atoms with Crippen molar-refractivity contribution in [3.05, 3.63) is 53.6 Å². The maximum absolute atomic E-state index is 13.9. The standard InChI is InChI=1S/C25H25F3N4O2S/c1-16(2)34-20-8-6-18(7-9-20)32-23(35)31(22(33)24(32)10-12-30(3)13-11-24)19-5-4-17(15-29)21(14-19)25(26,27)28/h4-9,14,16H,10-13H2,1-3H3. The van der Waals surface area contributed by atoms with Crippen LogP contribution in [0, 0.1) is 11.3 Å². The van der Waals surface area contributed by atoms with Crippen molar-refractivity contribution in [2.75, 3.05) is 29.9 Å². The minimum absolute atomic E-state index is 0.00751. The molecule has 6 nitrogen and oxygen atoms in total. The number of halogens is 3. The Hall–Kier alpha value is -3.16. The smallest absolute Gasteiger partial charge is 0.417 e. The predicted octanol–water partition coefficient (Wildman–Crippen LogP) is 4.97. The SMILES string of the molecule is CC(C)Oc1ccc(N2C(=S)N(c3ccc(C#N)c(C(F)(F)F)c3)C(=O)C23CCN(C)CC3)cc1. The van der Waals surface area contributed by atoms with Crippen molar-refractivity contribution in [3.8, 4) is 11.8 Å². The topological polar surface area (TPSA) is 59.8 Å². The number of hydrogen-bond donors (Lipinski definition) is 0. The highest BCUT2D eigenvalue weighted by Gasteiger charge is 2.57. The van der Waals surface area contributed by atoms with Crippen LogP contribution in [0.5, 0.6) is 5.75 Å². The second-order valence-electron chi connectivity index (χ2n) is 9.09. The molecule has 10 heteroatoms. The lowest BCUT2D eigenvalue weighted by Gasteiger charge is -2.41. The van der Waals surface area contributed by atoms with Crippen LogP contribution >= 0.6 is 12.2 Å². The van der Waals surface area contributed by atoms with Crippen LogP contribution in [-0.4, -0.2) is 47.7 Å². The number of amides is 1. The third-order valence-electron chi connectivity index (χ3n) is 6.38. The summed E-state index contributed by atoms with van der Waals surface area (Å²) >= 11 is 5.73. The lowest BCUT2D eigenvalue weighted by molar-refractivity contribution is -0.137. The highest BCUT2D eigenvalue weighted by molar-refractivity contribution is 7.81. The summed E-state index contributed by atoms with van der Waals surface area (Å²) in [5.74, 6) is 0.298. The first kappa shape index (κ1) is 24.9. The number of carbonyl (C=O) groups is 1. The lowest BCUT2D eigenvalue weighted by Crippen LogP contribution is -2.56. The average Bonchev–Trinajstić information content (AvgIpc) is 3.01. The molecule has 2 aliphatic rings. The molecular weight excluding hydrogens is 477 g/mol. The molecule has 0 unspecified atom stereocenters. The van der Waals surface area contributed by atoms with Gasteiger partial charge in [-0.15, -0.1) is 0 Å². The number of rotatable bonds is 4. The monoisotopic (exact) mass is 502 g/mol. The average molecular weight is 503 g/mol. The summed E-state index contributed by atoms with van der Waals surface area (Å²) in [6.07, 6.45) is -3.83. The van der Waals surface area contributed by atoms with E-state index in [-0.39, 0.29) is 22.8 Å². The maximum atomic E-state index is 13.9. The molecule has 2 heterocycles. The zero-order valence-electron chi connectivity index (χ0n) is 19.6. The Bertz CT molecular complexity index is 1180. The Morgan fingerprint density at radius 1 is 1.09 bits per heavy atom. The van der Waals surface area contributed by atoms with E-state index in [1.807, 2.05) is 20.9 Å². The number of piperidine rings is 1. The molecule has 2 saturated heterocycles. The molecule has 0 atom stereocenters.